The van der Waals surface area contributed by atoms with Crippen molar-refractivity contribution < 1.29 is 19.1 Å². The molecule has 0 aliphatic carbocycles. The van der Waals surface area contributed by atoms with Crippen LogP contribution in [0.4, 0.5) is 10.5 Å². The number of benzene rings is 2. The number of carbonyl (C=O) groups is 2. The molecule has 0 unspecified atom stereocenters. The Hall–Kier alpha value is -3.36. The van der Waals surface area contributed by atoms with E-state index < -0.39 is 18.1 Å². The van der Waals surface area contributed by atoms with E-state index in [9.17, 15) is 9.59 Å². The summed E-state index contributed by atoms with van der Waals surface area (Å²) in [6.07, 6.45) is -0.0964. The van der Waals surface area contributed by atoms with E-state index in [-0.39, 0.29) is 0 Å². The number of carbonyl (C=O) groups excluding carboxylic acids is 2. The Morgan fingerprint density at radius 2 is 1.90 bits per heavy atom. The molecule has 0 aliphatic heterocycles. The first kappa shape index (κ1) is 21.4. The van der Waals surface area contributed by atoms with Crippen molar-refractivity contribution in [3.63, 3.8) is 0 Å². The Bertz CT molecular complexity index is 1050. The van der Waals surface area contributed by atoms with E-state index in [4.69, 9.17) is 22.1 Å². The largest absolute Gasteiger partial charge is 0.465 e. The first-order chi connectivity index (χ1) is 14.4. The number of nitrogens with zero attached hydrogens (tertiary/aromatic N) is 1. The molecule has 0 fully saturated rings. The van der Waals surface area contributed by atoms with E-state index in [1.54, 1.807) is 42.5 Å². The second-order valence-electron chi connectivity index (χ2n) is 6.48. The van der Waals surface area contributed by atoms with E-state index in [0.717, 1.165) is 11.1 Å². The molecule has 2 aromatic carbocycles. The van der Waals surface area contributed by atoms with Gasteiger partial charge in [-0.25, -0.2) is 14.6 Å². The number of aromatic amines is 1. The molecule has 156 valence electrons. The molecular weight excluding hydrogens is 408 g/mol. The van der Waals surface area contributed by atoms with Crippen LogP contribution in [0.1, 0.15) is 27.8 Å². The van der Waals surface area contributed by atoms with Crippen LogP contribution in [0.3, 0.4) is 0 Å². The second-order valence-corrected chi connectivity index (χ2v) is 6.86. The first-order valence-electron chi connectivity index (χ1n) is 9.05. The molecule has 1 heterocycles. The van der Waals surface area contributed by atoms with E-state index in [1.165, 1.54) is 14.2 Å². The molecular formula is C21H21ClN4O4. The van der Waals surface area contributed by atoms with Gasteiger partial charge in [0.1, 0.15) is 16.7 Å². The highest BCUT2D eigenvalue weighted by molar-refractivity contribution is 6.31. The molecule has 0 spiro atoms. The maximum Gasteiger partial charge on any atom is 0.411 e. The van der Waals surface area contributed by atoms with Crippen LogP contribution in [-0.2, 0) is 15.9 Å². The van der Waals surface area contributed by atoms with Crippen molar-refractivity contribution in [3.05, 3.63) is 70.6 Å². The van der Waals surface area contributed by atoms with Gasteiger partial charge in [-0.05, 0) is 36.2 Å². The minimum atomic E-state index is -0.551. The number of hydrogen-bond acceptors (Lipinski definition) is 6. The smallest absolute Gasteiger partial charge is 0.411 e. The highest BCUT2D eigenvalue weighted by atomic mass is 35.5. The summed E-state index contributed by atoms with van der Waals surface area (Å²) in [5.74, 6) is 0.120. The fourth-order valence-corrected chi connectivity index (χ4v) is 3.16. The van der Waals surface area contributed by atoms with Crippen molar-refractivity contribution in [2.75, 3.05) is 19.5 Å². The lowest BCUT2D eigenvalue weighted by Gasteiger charge is -2.10. The van der Waals surface area contributed by atoms with Gasteiger partial charge in [-0.15, -0.1) is 0 Å². The van der Waals surface area contributed by atoms with E-state index in [2.05, 4.69) is 20.0 Å². The first-order valence-corrected chi connectivity index (χ1v) is 9.42. The molecule has 0 radical (unpaired) electrons. The number of rotatable bonds is 6. The van der Waals surface area contributed by atoms with E-state index >= 15 is 0 Å². The number of aromatic nitrogens is 2. The van der Waals surface area contributed by atoms with Crippen molar-refractivity contribution >= 4 is 29.4 Å². The van der Waals surface area contributed by atoms with Gasteiger partial charge in [0.05, 0.1) is 25.8 Å². The molecule has 3 rings (SSSR count). The second kappa shape index (κ2) is 9.43. The summed E-state index contributed by atoms with van der Waals surface area (Å²) in [6.45, 7) is 0. The Morgan fingerprint density at radius 3 is 2.57 bits per heavy atom. The molecule has 8 nitrogen and oxygen atoms in total. The van der Waals surface area contributed by atoms with Gasteiger partial charge in [-0.2, -0.15) is 0 Å². The number of esters is 1. The number of nitrogens with one attached hydrogen (secondary N) is 2. The summed E-state index contributed by atoms with van der Waals surface area (Å²) < 4.78 is 9.31. The molecule has 9 heteroatoms. The highest BCUT2D eigenvalue weighted by Crippen LogP contribution is 2.29. The van der Waals surface area contributed by atoms with Crippen LogP contribution in [0, 0.1) is 0 Å². The summed E-state index contributed by atoms with van der Waals surface area (Å²) >= 11 is 6.33. The topological polar surface area (TPSA) is 119 Å². The van der Waals surface area contributed by atoms with Crippen LogP contribution in [0.15, 0.2) is 48.5 Å². The number of ether oxygens (including phenoxy) is 2. The number of H-pyrrole nitrogens is 1. The predicted octanol–water partition coefficient (Wildman–Crippen LogP) is 3.94. The highest BCUT2D eigenvalue weighted by Gasteiger charge is 2.17. The third-order valence-corrected chi connectivity index (χ3v) is 4.70. The third-order valence-electron chi connectivity index (χ3n) is 4.42. The number of methoxy groups -OCH3 is 2. The zero-order valence-electron chi connectivity index (χ0n) is 16.4. The Morgan fingerprint density at radius 1 is 1.17 bits per heavy atom. The average molecular weight is 429 g/mol. The zero-order valence-corrected chi connectivity index (χ0v) is 17.2. The summed E-state index contributed by atoms with van der Waals surface area (Å²) in [5.41, 5.74) is 9.54. The lowest BCUT2D eigenvalue weighted by atomic mass is 10.0. The average Bonchev–Trinajstić information content (AvgIpc) is 3.15. The Kier molecular flexibility index (Phi) is 6.71. The monoisotopic (exact) mass is 428 g/mol. The lowest BCUT2D eigenvalue weighted by Crippen LogP contribution is -2.15. The van der Waals surface area contributed by atoms with Gasteiger partial charge in [0.15, 0.2) is 0 Å². The quantitative estimate of drug-likeness (QED) is 0.511. The van der Waals surface area contributed by atoms with Crippen molar-refractivity contribution in [3.8, 4) is 11.3 Å². The maximum absolute atomic E-state index is 11.7. The summed E-state index contributed by atoms with van der Waals surface area (Å²) in [4.78, 5) is 30.5. The van der Waals surface area contributed by atoms with Crippen LogP contribution in [0.2, 0.25) is 5.15 Å². The zero-order chi connectivity index (χ0) is 21.7. The van der Waals surface area contributed by atoms with Gasteiger partial charge < -0.3 is 20.2 Å². The van der Waals surface area contributed by atoms with Gasteiger partial charge in [0, 0.05) is 11.3 Å². The molecule has 0 saturated carbocycles. The van der Waals surface area contributed by atoms with Crippen LogP contribution in [-0.4, -0.2) is 36.3 Å². The number of imidazole rings is 1. The van der Waals surface area contributed by atoms with Crippen molar-refractivity contribution in [2.45, 2.75) is 12.5 Å². The molecule has 4 N–H and O–H groups in total. The van der Waals surface area contributed by atoms with Crippen molar-refractivity contribution in [2.24, 2.45) is 5.73 Å². The fourth-order valence-electron chi connectivity index (χ4n) is 2.91. The van der Waals surface area contributed by atoms with Crippen molar-refractivity contribution in [1.82, 2.24) is 9.97 Å². The van der Waals surface area contributed by atoms with Gasteiger partial charge in [-0.3, -0.25) is 5.32 Å². The number of halogens is 1. The summed E-state index contributed by atoms with van der Waals surface area (Å²) in [6, 6.07) is 13.6. The standard InChI is InChI=1S/C21H21ClN4O4/c1-29-20(27)14-5-3-4-12(10-14)11-16(23)19-25-17(18(22)26-19)13-6-8-15(9-7-13)24-21(28)30-2/h3-10,16H,11,23H2,1-2H3,(H,24,28)(H,25,26)/t16-/m0/s1. The van der Waals surface area contributed by atoms with E-state index in [0.29, 0.717) is 34.3 Å². The summed E-state index contributed by atoms with van der Waals surface area (Å²) in [5, 5.41) is 2.94. The van der Waals surface area contributed by atoms with Crippen molar-refractivity contribution in [1.29, 1.82) is 0 Å². The number of anilines is 1. The molecule has 0 bridgehead atoms. The van der Waals surface area contributed by atoms with Gasteiger partial charge in [0.2, 0.25) is 0 Å². The number of amides is 1. The SMILES string of the molecule is COC(=O)Nc1ccc(-c2nc([C@@H](N)Cc3cccc(C(=O)OC)c3)[nH]c2Cl)cc1. The molecule has 1 aromatic heterocycles. The summed E-state index contributed by atoms with van der Waals surface area (Å²) in [7, 11) is 2.63. The molecule has 3 aromatic rings. The van der Waals surface area contributed by atoms with E-state index in [1.807, 2.05) is 6.07 Å². The number of hydrogen-bond donors (Lipinski definition) is 3. The van der Waals surface area contributed by atoms with Gasteiger partial charge >= 0.3 is 12.1 Å². The minimum Gasteiger partial charge on any atom is -0.465 e. The molecule has 0 saturated heterocycles. The molecule has 1 amide bonds. The molecule has 30 heavy (non-hydrogen) atoms. The van der Waals surface area contributed by atoms with Crippen LogP contribution in [0.5, 0.6) is 0 Å². The van der Waals surface area contributed by atoms with Crippen LogP contribution < -0.4 is 11.1 Å². The molecule has 1 atom stereocenters. The third kappa shape index (κ3) is 4.97. The lowest BCUT2D eigenvalue weighted by molar-refractivity contribution is 0.0600. The van der Waals surface area contributed by atoms with Gasteiger partial charge in [-0.1, -0.05) is 35.9 Å². The molecule has 0 aliphatic rings. The van der Waals surface area contributed by atoms with Crippen LogP contribution >= 0.6 is 11.6 Å². The normalized spacial score (nSPS) is 11.6. The van der Waals surface area contributed by atoms with Gasteiger partial charge in [0.25, 0.3) is 0 Å². The Labute approximate surface area is 178 Å². The van der Waals surface area contributed by atoms with Crippen LogP contribution in [0.25, 0.3) is 11.3 Å². The predicted molar refractivity (Wildman–Crippen MR) is 113 cm³/mol. The fraction of sp³-hybridized carbons (Fsp3) is 0.190. The minimum absolute atomic E-state index is 0.359. The maximum atomic E-state index is 11.7. The number of nitrogens with two attached hydrogens (primary N) is 1. The Balaban J connectivity index is 1.75.